The van der Waals surface area contributed by atoms with Crippen molar-refractivity contribution in [2.75, 3.05) is 12.3 Å². The smallest absolute Gasteiger partial charge is 0.273 e. The summed E-state index contributed by atoms with van der Waals surface area (Å²) in [5.41, 5.74) is 0.155. The summed E-state index contributed by atoms with van der Waals surface area (Å²) >= 11 is 0. The van der Waals surface area contributed by atoms with Crippen LogP contribution in [0.1, 0.15) is 10.5 Å². The largest absolute Gasteiger partial charge is 0.461 e. The van der Waals surface area contributed by atoms with Gasteiger partial charge in [-0.25, -0.2) is 0 Å². The highest BCUT2D eigenvalue weighted by atomic mass is 32.2. The van der Waals surface area contributed by atoms with Crippen LogP contribution < -0.4 is 5.32 Å². The van der Waals surface area contributed by atoms with Crippen LogP contribution in [0, 0.1) is 0 Å². The zero-order valence-corrected chi connectivity index (χ0v) is 12.9. The van der Waals surface area contributed by atoms with E-state index in [0.717, 1.165) is 4.90 Å². The number of hydrogen-bond acceptors (Lipinski definition) is 5. The zero-order chi connectivity index (χ0) is 16.1. The van der Waals surface area contributed by atoms with Crippen LogP contribution in [-0.2, 0) is 10.8 Å². The minimum Gasteiger partial charge on any atom is -0.461 e. The Hall–Kier alpha value is -2.67. The van der Waals surface area contributed by atoms with Gasteiger partial charge in [0.1, 0.15) is 0 Å². The molecule has 118 valence electrons. The molecular weight excluding hydrogens is 316 g/mol. The van der Waals surface area contributed by atoms with Crippen LogP contribution in [-0.4, -0.2) is 27.6 Å². The molecule has 0 bridgehead atoms. The fourth-order valence-electron chi connectivity index (χ4n) is 1.96. The third-order valence-corrected chi connectivity index (χ3v) is 4.46. The predicted octanol–water partition coefficient (Wildman–Crippen LogP) is 2.47. The van der Waals surface area contributed by atoms with E-state index in [1.165, 1.54) is 12.3 Å². The number of furan rings is 1. The van der Waals surface area contributed by atoms with E-state index in [2.05, 4.69) is 10.5 Å². The summed E-state index contributed by atoms with van der Waals surface area (Å²) in [6, 6.07) is 14.1. The highest BCUT2D eigenvalue weighted by molar-refractivity contribution is 7.85. The third kappa shape index (κ3) is 3.75. The van der Waals surface area contributed by atoms with Gasteiger partial charge >= 0.3 is 0 Å². The number of benzene rings is 1. The standard InChI is InChI=1S/C16H14N2O4S/c19-16(13-11-15(22-18-13)14-7-4-9-21-14)17-8-10-23(20)12-5-2-1-3-6-12/h1-7,9,11H,8,10H2,(H,17,19)/t23-/m0/s1. The van der Waals surface area contributed by atoms with Gasteiger partial charge in [0.15, 0.2) is 11.5 Å². The van der Waals surface area contributed by atoms with E-state index in [4.69, 9.17) is 8.94 Å². The summed E-state index contributed by atoms with van der Waals surface area (Å²) in [4.78, 5) is 12.7. The molecule has 3 aromatic rings. The molecule has 0 aliphatic carbocycles. The number of hydrogen-bond donors (Lipinski definition) is 1. The second kappa shape index (κ2) is 7.06. The van der Waals surface area contributed by atoms with Gasteiger partial charge < -0.3 is 14.3 Å². The lowest BCUT2D eigenvalue weighted by Crippen LogP contribution is -2.27. The van der Waals surface area contributed by atoms with E-state index in [1.807, 2.05) is 18.2 Å². The Balaban J connectivity index is 1.53. The van der Waals surface area contributed by atoms with E-state index in [9.17, 15) is 9.00 Å². The molecule has 3 rings (SSSR count). The van der Waals surface area contributed by atoms with Gasteiger partial charge in [0.05, 0.1) is 17.1 Å². The Kier molecular flexibility index (Phi) is 4.68. The van der Waals surface area contributed by atoms with Gasteiger partial charge in [-0.2, -0.15) is 0 Å². The summed E-state index contributed by atoms with van der Waals surface area (Å²) < 4.78 is 22.3. The normalized spacial score (nSPS) is 12.0. The Morgan fingerprint density at radius 2 is 1.96 bits per heavy atom. The molecular formula is C16H14N2O4S. The molecule has 0 unspecified atom stereocenters. The minimum atomic E-state index is -1.15. The molecule has 1 aromatic carbocycles. The lowest BCUT2D eigenvalue weighted by molar-refractivity contribution is 0.0947. The van der Waals surface area contributed by atoms with Crippen LogP contribution in [0.25, 0.3) is 11.5 Å². The molecule has 0 saturated carbocycles. The van der Waals surface area contributed by atoms with Crippen molar-refractivity contribution < 1.29 is 17.9 Å². The van der Waals surface area contributed by atoms with Crippen molar-refractivity contribution in [2.45, 2.75) is 4.90 Å². The Bertz CT molecular complexity index is 797. The molecule has 1 amide bonds. The van der Waals surface area contributed by atoms with Crippen molar-refractivity contribution in [2.24, 2.45) is 0 Å². The fraction of sp³-hybridized carbons (Fsp3) is 0.125. The third-order valence-electron chi connectivity index (χ3n) is 3.09. The molecule has 1 atom stereocenters. The first-order valence-electron chi connectivity index (χ1n) is 6.96. The topological polar surface area (TPSA) is 85.3 Å². The predicted molar refractivity (Wildman–Crippen MR) is 84.3 cm³/mol. The van der Waals surface area contributed by atoms with Gasteiger partial charge in [-0.3, -0.25) is 9.00 Å². The van der Waals surface area contributed by atoms with Crippen LogP contribution in [0.3, 0.4) is 0 Å². The molecule has 0 fully saturated rings. The molecule has 0 aliphatic rings. The lowest BCUT2D eigenvalue weighted by atomic mass is 10.3. The lowest BCUT2D eigenvalue weighted by Gasteiger charge is -2.03. The maximum atomic E-state index is 12.0. The quantitative estimate of drug-likeness (QED) is 0.750. The second-order valence-electron chi connectivity index (χ2n) is 4.67. The van der Waals surface area contributed by atoms with Crippen molar-refractivity contribution in [1.82, 2.24) is 10.5 Å². The molecule has 2 heterocycles. The number of nitrogens with one attached hydrogen (secondary N) is 1. The van der Waals surface area contributed by atoms with Gasteiger partial charge in [-0.1, -0.05) is 23.4 Å². The average Bonchev–Trinajstić information content (AvgIpc) is 3.26. The van der Waals surface area contributed by atoms with Gasteiger partial charge in [0, 0.05) is 23.3 Å². The number of nitrogens with zero attached hydrogens (tertiary/aromatic N) is 1. The Morgan fingerprint density at radius 3 is 2.70 bits per heavy atom. The molecule has 7 heteroatoms. The van der Waals surface area contributed by atoms with Crippen molar-refractivity contribution in [3.05, 3.63) is 60.5 Å². The summed E-state index contributed by atoms with van der Waals surface area (Å²) in [5, 5.41) is 6.38. The molecule has 2 aromatic heterocycles. The zero-order valence-electron chi connectivity index (χ0n) is 12.1. The Labute approximate surface area is 134 Å². The van der Waals surface area contributed by atoms with Crippen LogP contribution in [0.5, 0.6) is 0 Å². The van der Waals surface area contributed by atoms with Gasteiger partial charge in [0.2, 0.25) is 5.76 Å². The maximum Gasteiger partial charge on any atom is 0.273 e. The van der Waals surface area contributed by atoms with E-state index < -0.39 is 10.8 Å². The second-order valence-corrected chi connectivity index (χ2v) is 6.24. The summed E-state index contributed by atoms with van der Waals surface area (Å²) in [6.07, 6.45) is 1.51. The van der Waals surface area contributed by atoms with E-state index in [1.54, 1.807) is 24.3 Å². The highest BCUT2D eigenvalue weighted by Gasteiger charge is 2.15. The van der Waals surface area contributed by atoms with Crippen LogP contribution in [0.4, 0.5) is 0 Å². The van der Waals surface area contributed by atoms with Crippen LogP contribution >= 0.6 is 0 Å². The van der Waals surface area contributed by atoms with Crippen molar-refractivity contribution in [3.8, 4) is 11.5 Å². The van der Waals surface area contributed by atoms with Crippen molar-refractivity contribution >= 4 is 16.7 Å². The molecule has 23 heavy (non-hydrogen) atoms. The van der Waals surface area contributed by atoms with Gasteiger partial charge in [0.25, 0.3) is 5.91 Å². The van der Waals surface area contributed by atoms with Crippen molar-refractivity contribution in [3.63, 3.8) is 0 Å². The number of carbonyl (C=O) groups excluding carboxylic acids is 1. The molecule has 0 radical (unpaired) electrons. The first-order valence-corrected chi connectivity index (χ1v) is 8.28. The molecule has 0 spiro atoms. The monoisotopic (exact) mass is 330 g/mol. The summed E-state index contributed by atoms with van der Waals surface area (Å²) in [6.45, 7) is 0.281. The first kappa shape index (κ1) is 15.2. The molecule has 0 aliphatic heterocycles. The molecule has 6 nitrogen and oxygen atoms in total. The van der Waals surface area contributed by atoms with Crippen LogP contribution in [0.15, 0.2) is 68.6 Å². The van der Waals surface area contributed by atoms with E-state index >= 15 is 0 Å². The maximum absolute atomic E-state index is 12.0. The fourth-order valence-corrected chi connectivity index (χ4v) is 2.94. The van der Waals surface area contributed by atoms with Gasteiger partial charge in [-0.05, 0) is 24.3 Å². The number of aromatic nitrogens is 1. The Morgan fingerprint density at radius 1 is 1.13 bits per heavy atom. The van der Waals surface area contributed by atoms with E-state index in [0.29, 0.717) is 17.3 Å². The minimum absolute atomic E-state index is 0.155. The number of carbonyl (C=O) groups is 1. The number of amides is 1. The summed E-state index contributed by atoms with van der Waals surface area (Å²) in [5.74, 6) is 0.838. The van der Waals surface area contributed by atoms with Crippen LogP contribution in [0.2, 0.25) is 0 Å². The first-order chi connectivity index (χ1) is 11.2. The van der Waals surface area contributed by atoms with Crippen molar-refractivity contribution in [1.29, 1.82) is 0 Å². The highest BCUT2D eigenvalue weighted by Crippen LogP contribution is 2.20. The number of rotatable bonds is 6. The van der Waals surface area contributed by atoms with E-state index in [-0.39, 0.29) is 18.1 Å². The SMILES string of the molecule is O=C(NCC[S@](=O)c1ccccc1)c1cc(-c2ccco2)on1. The van der Waals surface area contributed by atoms with Gasteiger partial charge in [-0.15, -0.1) is 0 Å². The molecule has 1 N–H and O–H groups in total. The molecule has 0 saturated heterocycles. The average molecular weight is 330 g/mol. The summed E-state index contributed by atoms with van der Waals surface area (Å²) in [7, 11) is -1.15.